The number of nitrogens with one attached hydrogen (secondary N) is 1. The maximum absolute atomic E-state index is 12.6. The lowest BCUT2D eigenvalue weighted by Crippen LogP contribution is -2.39. The van der Waals surface area contributed by atoms with Gasteiger partial charge in [0.2, 0.25) is 5.91 Å². The van der Waals surface area contributed by atoms with Crippen LogP contribution in [0.3, 0.4) is 0 Å². The molecule has 2 aromatic rings. The second-order valence-electron chi connectivity index (χ2n) is 5.55. The average Bonchev–Trinajstić information content (AvgIpc) is 2.52. The standard InChI is InChI=1S/C18H20Cl2N2O/c1-13(2)22(12-14-7-4-3-5-8-14)17(23)11-21-18-15(19)9-6-10-16(18)20/h3-10,13,21H,11-12H2,1-2H3. The Morgan fingerprint density at radius 3 is 2.22 bits per heavy atom. The Kier molecular flexibility index (Phi) is 6.31. The maximum Gasteiger partial charge on any atom is 0.242 e. The van der Waals surface area contributed by atoms with E-state index in [2.05, 4.69) is 5.32 Å². The Hall–Kier alpha value is -1.71. The maximum atomic E-state index is 12.6. The Labute approximate surface area is 147 Å². The van der Waals surface area contributed by atoms with Crippen LogP contribution in [0.5, 0.6) is 0 Å². The van der Waals surface area contributed by atoms with Crippen molar-refractivity contribution in [3.63, 3.8) is 0 Å². The third-order valence-electron chi connectivity index (χ3n) is 3.52. The normalized spacial score (nSPS) is 10.7. The number of benzene rings is 2. The number of hydrogen-bond donors (Lipinski definition) is 1. The van der Waals surface area contributed by atoms with Crippen LogP contribution in [0, 0.1) is 0 Å². The molecule has 0 radical (unpaired) electrons. The van der Waals surface area contributed by atoms with Crippen molar-refractivity contribution in [1.82, 2.24) is 4.90 Å². The van der Waals surface area contributed by atoms with Gasteiger partial charge >= 0.3 is 0 Å². The van der Waals surface area contributed by atoms with Gasteiger partial charge in [-0.05, 0) is 31.5 Å². The summed E-state index contributed by atoms with van der Waals surface area (Å²) in [4.78, 5) is 14.4. The van der Waals surface area contributed by atoms with Crippen molar-refractivity contribution < 1.29 is 4.79 Å². The Balaban J connectivity index is 2.04. The van der Waals surface area contributed by atoms with Gasteiger partial charge in [0.1, 0.15) is 0 Å². The largest absolute Gasteiger partial charge is 0.374 e. The second-order valence-corrected chi connectivity index (χ2v) is 6.37. The van der Waals surface area contributed by atoms with Gasteiger partial charge in [0.25, 0.3) is 0 Å². The molecule has 0 aliphatic rings. The van der Waals surface area contributed by atoms with Crippen molar-refractivity contribution in [2.45, 2.75) is 26.4 Å². The van der Waals surface area contributed by atoms with E-state index >= 15 is 0 Å². The fourth-order valence-electron chi connectivity index (χ4n) is 2.27. The molecule has 0 spiro atoms. The SMILES string of the molecule is CC(C)N(Cc1ccccc1)C(=O)CNc1c(Cl)cccc1Cl. The van der Waals surface area contributed by atoms with E-state index in [0.29, 0.717) is 22.3 Å². The van der Waals surface area contributed by atoms with E-state index in [1.807, 2.05) is 49.1 Å². The molecule has 3 nitrogen and oxygen atoms in total. The molecule has 0 saturated heterocycles. The van der Waals surface area contributed by atoms with Crippen LogP contribution in [0.15, 0.2) is 48.5 Å². The molecule has 0 bridgehead atoms. The van der Waals surface area contributed by atoms with E-state index in [-0.39, 0.29) is 18.5 Å². The van der Waals surface area contributed by atoms with Crippen molar-refractivity contribution in [2.75, 3.05) is 11.9 Å². The zero-order valence-electron chi connectivity index (χ0n) is 13.2. The first kappa shape index (κ1) is 17.6. The average molecular weight is 351 g/mol. The number of anilines is 1. The number of para-hydroxylation sites is 1. The zero-order chi connectivity index (χ0) is 16.8. The van der Waals surface area contributed by atoms with Gasteiger partial charge in [0, 0.05) is 12.6 Å². The molecule has 0 fully saturated rings. The minimum Gasteiger partial charge on any atom is -0.374 e. The summed E-state index contributed by atoms with van der Waals surface area (Å²) in [6.07, 6.45) is 0. The molecule has 0 aliphatic heterocycles. The van der Waals surface area contributed by atoms with E-state index in [0.717, 1.165) is 5.56 Å². The molecule has 2 aromatic carbocycles. The summed E-state index contributed by atoms with van der Waals surface area (Å²) < 4.78 is 0. The van der Waals surface area contributed by atoms with Gasteiger partial charge in [-0.3, -0.25) is 4.79 Å². The fourth-order valence-corrected chi connectivity index (χ4v) is 2.80. The molecule has 1 N–H and O–H groups in total. The van der Waals surface area contributed by atoms with Gasteiger partial charge in [0.15, 0.2) is 0 Å². The summed E-state index contributed by atoms with van der Waals surface area (Å²) in [6.45, 7) is 4.73. The van der Waals surface area contributed by atoms with Crippen LogP contribution in [0.4, 0.5) is 5.69 Å². The molecule has 0 aliphatic carbocycles. The molecule has 0 saturated carbocycles. The van der Waals surface area contributed by atoms with Crippen molar-refractivity contribution in [3.05, 3.63) is 64.1 Å². The lowest BCUT2D eigenvalue weighted by Gasteiger charge is -2.27. The van der Waals surface area contributed by atoms with Gasteiger partial charge in [0.05, 0.1) is 22.3 Å². The molecule has 0 unspecified atom stereocenters. The van der Waals surface area contributed by atoms with Gasteiger partial charge in [-0.15, -0.1) is 0 Å². The third kappa shape index (κ3) is 4.88. The zero-order valence-corrected chi connectivity index (χ0v) is 14.7. The summed E-state index contributed by atoms with van der Waals surface area (Å²) in [5, 5.41) is 4.06. The first-order chi connectivity index (χ1) is 11.0. The predicted octanol–water partition coefficient (Wildman–Crippen LogP) is 4.84. The predicted molar refractivity (Wildman–Crippen MR) is 97.1 cm³/mol. The van der Waals surface area contributed by atoms with Crippen LogP contribution in [-0.2, 0) is 11.3 Å². The van der Waals surface area contributed by atoms with E-state index in [1.54, 1.807) is 18.2 Å². The van der Waals surface area contributed by atoms with Crippen molar-refractivity contribution >= 4 is 34.8 Å². The lowest BCUT2D eigenvalue weighted by atomic mass is 10.2. The number of rotatable bonds is 6. The minimum atomic E-state index is -0.000149. The first-order valence-corrected chi connectivity index (χ1v) is 8.26. The highest BCUT2D eigenvalue weighted by molar-refractivity contribution is 6.39. The topological polar surface area (TPSA) is 32.3 Å². The van der Waals surface area contributed by atoms with E-state index in [1.165, 1.54) is 0 Å². The van der Waals surface area contributed by atoms with Crippen molar-refractivity contribution in [2.24, 2.45) is 0 Å². The minimum absolute atomic E-state index is 0.000149. The monoisotopic (exact) mass is 350 g/mol. The fraction of sp³-hybridized carbons (Fsp3) is 0.278. The lowest BCUT2D eigenvalue weighted by molar-refractivity contribution is -0.131. The van der Waals surface area contributed by atoms with Crippen LogP contribution in [0.1, 0.15) is 19.4 Å². The van der Waals surface area contributed by atoms with Crippen LogP contribution in [0.25, 0.3) is 0 Å². The number of carbonyl (C=O) groups is 1. The van der Waals surface area contributed by atoms with Gasteiger partial charge in [-0.1, -0.05) is 59.6 Å². The summed E-state index contributed by atoms with van der Waals surface area (Å²) in [6, 6.07) is 15.3. The first-order valence-electron chi connectivity index (χ1n) is 7.50. The van der Waals surface area contributed by atoms with Gasteiger partial charge in [-0.25, -0.2) is 0 Å². The molecule has 0 heterocycles. The quantitative estimate of drug-likeness (QED) is 0.807. The highest BCUT2D eigenvalue weighted by atomic mass is 35.5. The third-order valence-corrected chi connectivity index (χ3v) is 4.15. The Morgan fingerprint density at radius 1 is 1.04 bits per heavy atom. The van der Waals surface area contributed by atoms with Crippen LogP contribution in [-0.4, -0.2) is 23.4 Å². The van der Waals surface area contributed by atoms with E-state index < -0.39 is 0 Å². The number of carbonyl (C=O) groups excluding carboxylic acids is 1. The molecular weight excluding hydrogens is 331 g/mol. The molecule has 122 valence electrons. The molecule has 0 aromatic heterocycles. The van der Waals surface area contributed by atoms with Crippen LogP contribution in [0.2, 0.25) is 10.0 Å². The summed E-state index contributed by atoms with van der Waals surface area (Å²) in [7, 11) is 0. The smallest absolute Gasteiger partial charge is 0.242 e. The molecule has 23 heavy (non-hydrogen) atoms. The van der Waals surface area contributed by atoms with Gasteiger partial charge in [-0.2, -0.15) is 0 Å². The highest BCUT2D eigenvalue weighted by Crippen LogP contribution is 2.29. The highest BCUT2D eigenvalue weighted by Gasteiger charge is 2.18. The van der Waals surface area contributed by atoms with Crippen molar-refractivity contribution in [3.8, 4) is 0 Å². The summed E-state index contributed by atoms with van der Waals surface area (Å²) in [5.74, 6) is -0.000149. The number of halogens is 2. The molecule has 2 rings (SSSR count). The van der Waals surface area contributed by atoms with E-state index in [9.17, 15) is 4.79 Å². The number of nitrogens with zero attached hydrogens (tertiary/aromatic N) is 1. The Morgan fingerprint density at radius 2 is 1.65 bits per heavy atom. The second kappa shape index (κ2) is 8.23. The number of hydrogen-bond acceptors (Lipinski definition) is 2. The summed E-state index contributed by atoms with van der Waals surface area (Å²) >= 11 is 12.2. The Bertz CT molecular complexity index is 639. The van der Waals surface area contributed by atoms with Gasteiger partial charge < -0.3 is 10.2 Å². The molecule has 5 heteroatoms. The molecular formula is C18H20Cl2N2O. The van der Waals surface area contributed by atoms with Crippen LogP contribution >= 0.6 is 23.2 Å². The molecule has 1 amide bonds. The van der Waals surface area contributed by atoms with Crippen molar-refractivity contribution in [1.29, 1.82) is 0 Å². The molecule has 0 atom stereocenters. The van der Waals surface area contributed by atoms with Crippen LogP contribution < -0.4 is 5.32 Å². The number of amides is 1. The summed E-state index contributed by atoms with van der Waals surface area (Å²) in [5.41, 5.74) is 1.69. The van der Waals surface area contributed by atoms with E-state index in [4.69, 9.17) is 23.2 Å².